The van der Waals surface area contributed by atoms with E-state index in [1.165, 1.54) is 42.1 Å². The predicted octanol–water partition coefficient (Wildman–Crippen LogP) is 3.28. The minimum atomic E-state index is -0.292. The summed E-state index contributed by atoms with van der Waals surface area (Å²) in [5.74, 6) is 0.349. The summed E-state index contributed by atoms with van der Waals surface area (Å²) >= 11 is 8.61. The molecule has 0 saturated heterocycles. The Morgan fingerprint density at radius 1 is 1.45 bits per heavy atom. The largest absolute Gasteiger partial charge is 0.357 e. The van der Waals surface area contributed by atoms with Crippen LogP contribution in [0.4, 0.5) is 10.9 Å². The van der Waals surface area contributed by atoms with Gasteiger partial charge in [-0.15, -0.1) is 10.2 Å². The summed E-state index contributed by atoms with van der Waals surface area (Å²) in [7, 11) is 0. The van der Waals surface area contributed by atoms with Crippen LogP contribution >= 0.6 is 34.7 Å². The lowest BCUT2D eigenvalue weighted by Crippen LogP contribution is -2.22. The standard InChI is InChI=1S/C13H14ClN5OS2/c1-7(11(20)17-10-5-2-8(14)6-15-10)21-13-19-18-12(22-13)16-9-3-4-9/h2,5-7,9H,3-4H2,1H3,(H,16,18)(H,15,17,20)/t7-/m1/s1. The lowest BCUT2D eigenvalue weighted by Gasteiger charge is -2.09. The molecule has 2 aromatic rings. The maximum absolute atomic E-state index is 12.1. The molecule has 0 bridgehead atoms. The first-order valence-electron chi connectivity index (χ1n) is 6.79. The van der Waals surface area contributed by atoms with E-state index in [1.807, 2.05) is 6.92 Å². The summed E-state index contributed by atoms with van der Waals surface area (Å²) in [6.45, 7) is 1.82. The Kier molecular flexibility index (Phi) is 4.80. The highest BCUT2D eigenvalue weighted by Crippen LogP contribution is 2.32. The summed E-state index contributed by atoms with van der Waals surface area (Å²) in [4.78, 5) is 16.2. The summed E-state index contributed by atoms with van der Waals surface area (Å²) in [6.07, 6.45) is 3.87. The second kappa shape index (κ2) is 6.80. The van der Waals surface area contributed by atoms with Crippen LogP contribution in [0.25, 0.3) is 0 Å². The Morgan fingerprint density at radius 2 is 2.27 bits per heavy atom. The molecule has 1 aliphatic rings. The number of pyridine rings is 1. The third kappa shape index (κ3) is 4.31. The number of carbonyl (C=O) groups excluding carboxylic acids is 1. The van der Waals surface area contributed by atoms with Gasteiger partial charge in [0.05, 0.1) is 10.3 Å². The maximum Gasteiger partial charge on any atom is 0.238 e. The fraction of sp³-hybridized carbons (Fsp3) is 0.385. The molecule has 1 saturated carbocycles. The summed E-state index contributed by atoms with van der Waals surface area (Å²) in [5, 5.41) is 15.3. The Hall–Kier alpha value is -1.38. The second-order valence-corrected chi connectivity index (χ2v) is 7.90. The van der Waals surface area contributed by atoms with Crippen molar-refractivity contribution in [2.24, 2.45) is 0 Å². The van der Waals surface area contributed by atoms with Crippen LogP contribution in [0.15, 0.2) is 22.7 Å². The predicted molar refractivity (Wildman–Crippen MR) is 89.7 cm³/mol. The van der Waals surface area contributed by atoms with E-state index >= 15 is 0 Å². The normalized spacial score (nSPS) is 15.4. The third-order valence-electron chi connectivity index (χ3n) is 2.94. The molecule has 9 heteroatoms. The average Bonchev–Trinajstić information content (AvgIpc) is 3.20. The second-order valence-electron chi connectivity index (χ2n) is 4.90. The van der Waals surface area contributed by atoms with Crippen molar-refractivity contribution in [1.82, 2.24) is 15.2 Å². The zero-order valence-electron chi connectivity index (χ0n) is 11.7. The highest BCUT2D eigenvalue weighted by atomic mass is 35.5. The van der Waals surface area contributed by atoms with Crippen LogP contribution in [0.5, 0.6) is 0 Å². The van der Waals surface area contributed by atoms with Gasteiger partial charge in [-0.25, -0.2) is 4.98 Å². The van der Waals surface area contributed by atoms with Crippen molar-refractivity contribution < 1.29 is 4.79 Å². The number of thioether (sulfide) groups is 1. The van der Waals surface area contributed by atoms with Crippen LogP contribution < -0.4 is 10.6 Å². The molecule has 2 N–H and O–H groups in total. The minimum absolute atomic E-state index is 0.133. The number of halogens is 1. The van der Waals surface area contributed by atoms with Crippen LogP contribution in [0.1, 0.15) is 19.8 Å². The van der Waals surface area contributed by atoms with Crippen LogP contribution in [0.3, 0.4) is 0 Å². The molecule has 1 aliphatic carbocycles. The molecule has 116 valence electrons. The van der Waals surface area contributed by atoms with Crippen molar-refractivity contribution in [3.63, 3.8) is 0 Å². The van der Waals surface area contributed by atoms with Crippen molar-refractivity contribution in [3.8, 4) is 0 Å². The van der Waals surface area contributed by atoms with Gasteiger partial charge in [-0.05, 0) is 31.9 Å². The number of carbonyl (C=O) groups is 1. The number of amides is 1. The molecule has 0 radical (unpaired) electrons. The number of hydrogen-bond donors (Lipinski definition) is 2. The van der Waals surface area contributed by atoms with Gasteiger partial charge in [-0.3, -0.25) is 4.79 Å². The fourth-order valence-corrected chi connectivity index (χ4v) is 3.69. The molecule has 1 atom stereocenters. The first kappa shape index (κ1) is 15.5. The fourth-order valence-electron chi connectivity index (χ4n) is 1.60. The Morgan fingerprint density at radius 3 is 2.95 bits per heavy atom. The molecule has 1 amide bonds. The number of rotatable bonds is 6. The highest BCUT2D eigenvalue weighted by Gasteiger charge is 2.23. The Bertz CT molecular complexity index is 659. The zero-order chi connectivity index (χ0) is 15.5. The van der Waals surface area contributed by atoms with E-state index in [-0.39, 0.29) is 11.2 Å². The lowest BCUT2D eigenvalue weighted by molar-refractivity contribution is -0.115. The molecule has 0 aliphatic heterocycles. The topological polar surface area (TPSA) is 79.8 Å². The molecule has 1 fully saturated rings. The van der Waals surface area contributed by atoms with Gasteiger partial charge in [0.1, 0.15) is 5.82 Å². The van der Waals surface area contributed by atoms with Gasteiger partial charge >= 0.3 is 0 Å². The van der Waals surface area contributed by atoms with Gasteiger partial charge in [0.2, 0.25) is 11.0 Å². The van der Waals surface area contributed by atoms with E-state index in [1.54, 1.807) is 12.1 Å². The van der Waals surface area contributed by atoms with Crippen molar-refractivity contribution in [2.45, 2.75) is 35.4 Å². The lowest BCUT2D eigenvalue weighted by atomic mass is 10.4. The van der Waals surface area contributed by atoms with Crippen LogP contribution in [-0.4, -0.2) is 32.4 Å². The van der Waals surface area contributed by atoms with Crippen LogP contribution in [-0.2, 0) is 4.79 Å². The molecule has 0 unspecified atom stereocenters. The van der Waals surface area contributed by atoms with E-state index in [4.69, 9.17) is 11.6 Å². The number of nitrogens with one attached hydrogen (secondary N) is 2. The number of hydrogen-bond acceptors (Lipinski definition) is 7. The average molecular weight is 356 g/mol. The van der Waals surface area contributed by atoms with Crippen molar-refractivity contribution in [2.75, 3.05) is 10.6 Å². The smallest absolute Gasteiger partial charge is 0.238 e. The molecule has 2 heterocycles. The van der Waals surface area contributed by atoms with E-state index in [0.717, 1.165) is 9.47 Å². The van der Waals surface area contributed by atoms with E-state index in [2.05, 4.69) is 25.8 Å². The number of nitrogens with zero attached hydrogens (tertiary/aromatic N) is 3. The van der Waals surface area contributed by atoms with Crippen LogP contribution in [0, 0.1) is 0 Å². The number of aromatic nitrogens is 3. The van der Waals surface area contributed by atoms with E-state index < -0.39 is 0 Å². The van der Waals surface area contributed by atoms with Crippen molar-refractivity contribution >= 4 is 51.6 Å². The number of anilines is 2. The molecular formula is C13H14ClN5OS2. The molecule has 6 nitrogen and oxygen atoms in total. The first-order chi connectivity index (χ1) is 10.6. The van der Waals surface area contributed by atoms with Crippen molar-refractivity contribution in [1.29, 1.82) is 0 Å². The molecule has 0 spiro atoms. The molecular weight excluding hydrogens is 342 g/mol. The summed E-state index contributed by atoms with van der Waals surface area (Å²) in [6, 6.07) is 3.89. The van der Waals surface area contributed by atoms with E-state index in [9.17, 15) is 4.79 Å². The van der Waals surface area contributed by atoms with Gasteiger partial charge in [0.25, 0.3) is 0 Å². The van der Waals surface area contributed by atoms with Gasteiger partial charge in [0, 0.05) is 12.2 Å². The summed E-state index contributed by atoms with van der Waals surface area (Å²) < 4.78 is 0.773. The van der Waals surface area contributed by atoms with Gasteiger partial charge in [0.15, 0.2) is 4.34 Å². The monoisotopic (exact) mass is 355 g/mol. The quantitative estimate of drug-likeness (QED) is 0.774. The summed E-state index contributed by atoms with van der Waals surface area (Å²) in [5.41, 5.74) is 0. The van der Waals surface area contributed by atoms with E-state index in [0.29, 0.717) is 16.9 Å². The Labute approximate surface area is 141 Å². The highest BCUT2D eigenvalue weighted by molar-refractivity contribution is 8.02. The zero-order valence-corrected chi connectivity index (χ0v) is 14.1. The van der Waals surface area contributed by atoms with Gasteiger partial charge in [-0.2, -0.15) is 0 Å². The molecule has 3 rings (SSSR count). The maximum atomic E-state index is 12.1. The van der Waals surface area contributed by atoms with Crippen molar-refractivity contribution in [3.05, 3.63) is 23.4 Å². The molecule has 0 aromatic carbocycles. The minimum Gasteiger partial charge on any atom is -0.357 e. The van der Waals surface area contributed by atoms with Gasteiger partial charge < -0.3 is 10.6 Å². The first-order valence-corrected chi connectivity index (χ1v) is 8.86. The van der Waals surface area contributed by atoms with Gasteiger partial charge in [-0.1, -0.05) is 34.7 Å². The van der Waals surface area contributed by atoms with Crippen LogP contribution in [0.2, 0.25) is 5.02 Å². The molecule has 22 heavy (non-hydrogen) atoms. The third-order valence-corrected chi connectivity index (χ3v) is 5.20. The molecule has 2 aromatic heterocycles. The Balaban J connectivity index is 1.53. The SMILES string of the molecule is C[C@@H](Sc1nnc(NC2CC2)s1)C(=O)Nc1ccc(Cl)cn1.